The summed E-state index contributed by atoms with van der Waals surface area (Å²) in [5.41, 5.74) is 0. The molecule has 0 spiro atoms. The first-order valence-corrected chi connectivity index (χ1v) is 5.31. The molecule has 1 rings (SSSR count). The van der Waals surface area contributed by atoms with Gasteiger partial charge in [-0.25, -0.2) is 4.98 Å². The summed E-state index contributed by atoms with van der Waals surface area (Å²) in [5.74, 6) is 0.898. The molecule has 0 saturated heterocycles. The number of hydrogen-bond acceptors (Lipinski definition) is 5. The second-order valence-electron chi connectivity index (χ2n) is 2.73. The third-order valence-electron chi connectivity index (χ3n) is 1.65. The molecule has 0 bridgehead atoms. The molecule has 0 aliphatic rings. The van der Waals surface area contributed by atoms with Gasteiger partial charge in [0.2, 0.25) is 5.13 Å². The number of aryl methyl sites for hydroxylation is 1. The summed E-state index contributed by atoms with van der Waals surface area (Å²) in [6, 6.07) is 0. The van der Waals surface area contributed by atoms with E-state index in [1.165, 1.54) is 11.5 Å². The van der Waals surface area contributed by atoms with Gasteiger partial charge in [-0.1, -0.05) is 6.92 Å². The molecule has 74 valence electrons. The predicted octanol–water partition coefficient (Wildman–Crippen LogP) is 1.28. The number of aromatic nitrogens is 2. The molecule has 5 heteroatoms. The van der Waals surface area contributed by atoms with Crippen molar-refractivity contribution in [1.82, 2.24) is 9.36 Å². The molecular weight excluding hydrogens is 186 g/mol. The molecule has 1 heterocycles. The Labute approximate surface area is 82.2 Å². The van der Waals surface area contributed by atoms with Crippen LogP contribution in [0.3, 0.4) is 0 Å². The summed E-state index contributed by atoms with van der Waals surface area (Å²) in [4.78, 5) is 4.26. The number of aliphatic hydroxyl groups is 1. The van der Waals surface area contributed by atoms with Gasteiger partial charge in [0.1, 0.15) is 5.82 Å². The van der Waals surface area contributed by atoms with Crippen LogP contribution in [0.4, 0.5) is 5.13 Å². The Bertz CT molecular complexity index is 239. The van der Waals surface area contributed by atoms with Crippen molar-refractivity contribution in [1.29, 1.82) is 0 Å². The fraction of sp³-hybridized carbons (Fsp3) is 0.750. The van der Waals surface area contributed by atoms with Gasteiger partial charge >= 0.3 is 0 Å². The minimum Gasteiger partial charge on any atom is -0.396 e. The fourth-order valence-electron chi connectivity index (χ4n) is 0.901. The van der Waals surface area contributed by atoms with Crippen molar-refractivity contribution in [2.24, 2.45) is 0 Å². The first kappa shape index (κ1) is 10.4. The molecule has 13 heavy (non-hydrogen) atoms. The van der Waals surface area contributed by atoms with Gasteiger partial charge in [0, 0.05) is 31.1 Å². The van der Waals surface area contributed by atoms with Crippen LogP contribution in [0.15, 0.2) is 0 Å². The average Bonchev–Trinajstić information content (AvgIpc) is 2.60. The molecule has 1 aromatic rings. The zero-order valence-electron chi connectivity index (χ0n) is 7.79. The second-order valence-corrected chi connectivity index (χ2v) is 3.48. The van der Waals surface area contributed by atoms with Crippen LogP contribution in [-0.2, 0) is 6.42 Å². The Balaban J connectivity index is 2.20. The number of aliphatic hydroxyl groups excluding tert-OH is 1. The smallest absolute Gasteiger partial charge is 0.202 e. The molecule has 1 aromatic heterocycles. The highest BCUT2D eigenvalue weighted by molar-refractivity contribution is 7.09. The van der Waals surface area contributed by atoms with Crippen LogP contribution >= 0.6 is 11.5 Å². The Kier molecular flexibility index (Phi) is 4.70. The highest BCUT2D eigenvalue weighted by Gasteiger charge is 1.99. The molecule has 0 unspecified atom stereocenters. The Morgan fingerprint density at radius 1 is 1.46 bits per heavy atom. The molecule has 2 N–H and O–H groups in total. The van der Waals surface area contributed by atoms with Crippen LogP contribution in [0.2, 0.25) is 0 Å². The van der Waals surface area contributed by atoms with Crippen LogP contribution in [0.1, 0.15) is 25.6 Å². The van der Waals surface area contributed by atoms with Gasteiger partial charge in [0.05, 0.1) is 0 Å². The van der Waals surface area contributed by atoms with Crippen molar-refractivity contribution < 1.29 is 5.11 Å². The lowest BCUT2D eigenvalue weighted by molar-refractivity contribution is 0.286. The third-order valence-corrected chi connectivity index (χ3v) is 2.36. The first-order valence-electron chi connectivity index (χ1n) is 4.54. The van der Waals surface area contributed by atoms with E-state index >= 15 is 0 Å². The van der Waals surface area contributed by atoms with Crippen LogP contribution < -0.4 is 5.32 Å². The van der Waals surface area contributed by atoms with Crippen LogP contribution in [0, 0.1) is 0 Å². The van der Waals surface area contributed by atoms with E-state index in [4.69, 9.17) is 5.11 Å². The number of rotatable bonds is 6. The van der Waals surface area contributed by atoms with Crippen LogP contribution in [0.5, 0.6) is 0 Å². The topological polar surface area (TPSA) is 58.0 Å². The van der Waals surface area contributed by atoms with Crippen molar-refractivity contribution in [3.8, 4) is 0 Å². The number of nitrogens with zero attached hydrogens (tertiary/aromatic N) is 2. The molecule has 4 nitrogen and oxygen atoms in total. The largest absolute Gasteiger partial charge is 0.396 e. The molecule has 0 amide bonds. The fourth-order valence-corrected chi connectivity index (χ4v) is 1.58. The zero-order chi connectivity index (χ0) is 9.52. The van der Waals surface area contributed by atoms with Gasteiger partial charge in [0.25, 0.3) is 0 Å². The highest BCUT2D eigenvalue weighted by Crippen LogP contribution is 2.10. The average molecular weight is 201 g/mol. The van der Waals surface area contributed by atoms with Gasteiger partial charge < -0.3 is 10.4 Å². The van der Waals surface area contributed by atoms with E-state index in [2.05, 4.69) is 14.7 Å². The van der Waals surface area contributed by atoms with Gasteiger partial charge in [-0.3, -0.25) is 0 Å². The lowest BCUT2D eigenvalue weighted by Gasteiger charge is -1.99. The summed E-state index contributed by atoms with van der Waals surface area (Å²) in [7, 11) is 0. The van der Waals surface area contributed by atoms with Crippen molar-refractivity contribution >= 4 is 16.7 Å². The van der Waals surface area contributed by atoms with E-state index < -0.39 is 0 Å². The van der Waals surface area contributed by atoms with Crippen molar-refractivity contribution in [2.45, 2.75) is 26.2 Å². The molecule has 0 fully saturated rings. The SMILES string of the molecule is CCc1nsc(NCCCCO)n1. The number of hydrogen-bond donors (Lipinski definition) is 2. The van der Waals surface area contributed by atoms with Crippen molar-refractivity contribution in [2.75, 3.05) is 18.5 Å². The quantitative estimate of drug-likeness (QED) is 0.681. The molecule has 0 aliphatic heterocycles. The first-order chi connectivity index (χ1) is 6.36. The summed E-state index contributed by atoms with van der Waals surface area (Å²) >= 11 is 1.40. The van der Waals surface area contributed by atoms with E-state index in [0.29, 0.717) is 0 Å². The summed E-state index contributed by atoms with van der Waals surface area (Å²) < 4.78 is 4.15. The minimum absolute atomic E-state index is 0.262. The zero-order valence-corrected chi connectivity index (χ0v) is 8.60. The molecule has 0 atom stereocenters. The van der Waals surface area contributed by atoms with E-state index in [1.807, 2.05) is 6.92 Å². The number of unbranched alkanes of at least 4 members (excludes halogenated alkanes) is 1. The number of nitrogens with one attached hydrogen (secondary N) is 1. The van der Waals surface area contributed by atoms with Crippen LogP contribution in [0.25, 0.3) is 0 Å². The molecule has 0 saturated carbocycles. The van der Waals surface area contributed by atoms with Gasteiger partial charge in [-0.15, -0.1) is 0 Å². The van der Waals surface area contributed by atoms with E-state index in [1.54, 1.807) is 0 Å². The second kappa shape index (κ2) is 5.88. The maximum absolute atomic E-state index is 8.55. The van der Waals surface area contributed by atoms with Gasteiger partial charge in [-0.2, -0.15) is 4.37 Å². The monoisotopic (exact) mass is 201 g/mol. The maximum atomic E-state index is 8.55. The van der Waals surface area contributed by atoms with Crippen molar-refractivity contribution in [3.05, 3.63) is 5.82 Å². The Morgan fingerprint density at radius 2 is 2.31 bits per heavy atom. The number of anilines is 1. The summed E-state index contributed by atoms with van der Waals surface area (Å²) in [5, 5.41) is 12.6. The lowest BCUT2D eigenvalue weighted by Crippen LogP contribution is -2.01. The Morgan fingerprint density at radius 3 is 2.92 bits per heavy atom. The van der Waals surface area contributed by atoms with Gasteiger partial charge in [-0.05, 0) is 12.8 Å². The maximum Gasteiger partial charge on any atom is 0.202 e. The van der Waals surface area contributed by atoms with E-state index in [-0.39, 0.29) is 6.61 Å². The lowest BCUT2D eigenvalue weighted by atomic mass is 10.3. The van der Waals surface area contributed by atoms with Crippen LogP contribution in [-0.4, -0.2) is 27.6 Å². The summed E-state index contributed by atoms with van der Waals surface area (Å²) in [6.07, 6.45) is 2.69. The molecular formula is C8H15N3OS. The van der Waals surface area contributed by atoms with E-state index in [9.17, 15) is 0 Å². The predicted molar refractivity (Wildman–Crippen MR) is 54.1 cm³/mol. The minimum atomic E-state index is 0.262. The third kappa shape index (κ3) is 3.69. The van der Waals surface area contributed by atoms with E-state index in [0.717, 1.165) is 36.8 Å². The normalized spacial score (nSPS) is 10.3. The molecule has 0 aliphatic carbocycles. The highest BCUT2D eigenvalue weighted by atomic mass is 32.1. The summed E-state index contributed by atoms with van der Waals surface area (Å²) in [6.45, 7) is 3.16. The standard InChI is InChI=1S/C8H15N3OS/c1-2-7-10-8(13-11-7)9-5-3-4-6-12/h12H,2-6H2,1H3,(H,9,10,11). The van der Waals surface area contributed by atoms with Gasteiger partial charge in [0.15, 0.2) is 0 Å². The van der Waals surface area contributed by atoms with Crippen molar-refractivity contribution in [3.63, 3.8) is 0 Å². The Hall–Kier alpha value is -0.680. The molecule has 0 aromatic carbocycles. The molecule has 0 radical (unpaired) electrons.